The van der Waals surface area contributed by atoms with Gasteiger partial charge in [0.15, 0.2) is 0 Å². The quantitative estimate of drug-likeness (QED) is 0.745. The lowest BCUT2D eigenvalue weighted by Crippen LogP contribution is -2.46. The van der Waals surface area contributed by atoms with Crippen LogP contribution in [0.25, 0.3) is 0 Å². The second kappa shape index (κ2) is 8.55. The molecular weight excluding hydrogens is 350 g/mol. The zero-order valence-corrected chi connectivity index (χ0v) is 17.1. The van der Waals surface area contributed by atoms with Crippen LogP contribution in [0.5, 0.6) is 0 Å². The summed E-state index contributed by atoms with van der Waals surface area (Å²) in [5.74, 6) is 3.48. The van der Waals surface area contributed by atoms with Gasteiger partial charge in [0.2, 0.25) is 0 Å². The summed E-state index contributed by atoms with van der Waals surface area (Å²) in [6.45, 7) is 12.6. The fraction of sp³-hybridized carbons (Fsp3) is 0.545. The summed E-state index contributed by atoms with van der Waals surface area (Å²) in [4.78, 5) is 23.8. The minimum Gasteiger partial charge on any atom is -0.372 e. The molecule has 0 aromatic rings. The number of nitrogens with one attached hydrogen (secondary N) is 1. The molecular formula is C22H31N5O. The minimum absolute atomic E-state index is 0.118. The predicted octanol–water partition coefficient (Wildman–Crippen LogP) is 2.78. The first-order valence-corrected chi connectivity index (χ1v) is 10.1. The van der Waals surface area contributed by atoms with Crippen molar-refractivity contribution in [2.75, 3.05) is 39.3 Å². The van der Waals surface area contributed by atoms with Crippen molar-refractivity contribution in [2.45, 2.75) is 33.1 Å². The molecule has 6 heteroatoms. The number of carbonyl (C=O) groups is 1. The molecule has 0 aromatic heterocycles. The Labute approximate surface area is 168 Å². The van der Waals surface area contributed by atoms with Crippen molar-refractivity contribution >= 4 is 11.9 Å². The fourth-order valence-corrected chi connectivity index (χ4v) is 4.00. The van der Waals surface area contributed by atoms with Crippen molar-refractivity contribution in [3.63, 3.8) is 0 Å². The molecule has 1 N–H and O–H groups in total. The van der Waals surface area contributed by atoms with Crippen LogP contribution in [0.4, 0.5) is 4.79 Å². The summed E-state index contributed by atoms with van der Waals surface area (Å²) < 4.78 is 0. The molecule has 1 spiro atoms. The normalized spacial score (nSPS) is 21.7. The van der Waals surface area contributed by atoms with Crippen molar-refractivity contribution in [2.24, 2.45) is 10.4 Å². The van der Waals surface area contributed by atoms with Gasteiger partial charge < -0.3 is 20.0 Å². The Morgan fingerprint density at radius 1 is 1.43 bits per heavy atom. The van der Waals surface area contributed by atoms with E-state index in [0.717, 1.165) is 37.6 Å². The zero-order chi connectivity index (χ0) is 20.1. The van der Waals surface area contributed by atoms with E-state index in [-0.39, 0.29) is 11.4 Å². The number of amidine groups is 1. The zero-order valence-electron chi connectivity index (χ0n) is 17.1. The highest BCUT2D eigenvalue weighted by molar-refractivity contribution is 6.04. The van der Waals surface area contributed by atoms with Gasteiger partial charge in [-0.05, 0) is 39.0 Å². The van der Waals surface area contributed by atoms with Crippen LogP contribution in [0.1, 0.15) is 33.1 Å². The average molecular weight is 382 g/mol. The van der Waals surface area contributed by atoms with Crippen LogP contribution in [0.3, 0.4) is 0 Å². The van der Waals surface area contributed by atoms with Gasteiger partial charge in [0.25, 0.3) is 0 Å². The number of allylic oxidation sites excluding steroid dienone is 1. The maximum absolute atomic E-state index is 13.1. The van der Waals surface area contributed by atoms with E-state index in [4.69, 9.17) is 6.42 Å². The van der Waals surface area contributed by atoms with E-state index >= 15 is 0 Å². The Hall–Kier alpha value is -2.68. The van der Waals surface area contributed by atoms with Crippen LogP contribution >= 0.6 is 0 Å². The van der Waals surface area contributed by atoms with Crippen LogP contribution in [0.15, 0.2) is 41.3 Å². The van der Waals surface area contributed by atoms with Gasteiger partial charge in [-0.3, -0.25) is 0 Å². The lowest BCUT2D eigenvalue weighted by Gasteiger charge is -2.30. The van der Waals surface area contributed by atoms with Crippen molar-refractivity contribution in [1.29, 1.82) is 0 Å². The second-order valence-corrected chi connectivity index (χ2v) is 7.80. The van der Waals surface area contributed by atoms with E-state index in [9.17, 15) is 4.79 Å². The van der Waals surface area contributed by atoms with Crippen molar-refractivity contribution in [1.82, 2.24) is 20.0 Å². The van der Waals surface area contributed by atoms with E-state index in [0.29, 0.717) is 19.5 Å². The van der Waals surface area contributed by atoms with Gasteiger partial charge in [-0.15, -0.1) is 12.3 Å². The first-order chi connectivity index (χ1) is 13.5. The maximum atomic E-state index is 13.1. The molecule has 2 heterocycles. The molecule has 2 aliphatic heterocycles. The molecule has 0 radical (unpaired) electrons. The summed E-state index contributed by atoms with van der Waals surface area (Å²) in [7, 11) is 0. The molecule has 2 fully saturated rings. The van der Waals surface area contributed by atoms with E-state index < -0.39 is 0 Å². The van der Waals surface area contributed by atoms with Crippen LogP contribution in [0, 0.1) is 17.8 Å². The van der Waals surface area contributed by atoms with Gasteiger partial charge in [0.05, 0.1) is 0 Å². The van der Waals surface area contributed by atoms with Gasteiger partial charge in [-0.2, -0.15) is 0 Å². The van der Waals surface area contributed by atoms with E-state index in [1.807, 2.05) is 29.0 Å². The number of terminal acetylenes is 1. The van der Waals surface area contributed by atoms with Crippen LogP contribution in [-0.2, 0) is 0 Å². The summed E-state index contributed by atoms with van der Waals surface area (Å²) >= 11 is 0. The number of nitrogens with zero attached hydrogens (tertiary/aromatic N) is 4. The molecule has 1 saturated heterocycles. The van der Waals surface area contributed by atoms with Gasteiger partial charge in [-0.25, -0.2) is 9.79 Å². The summed E-state index contributed by atoms with van der Waals surface area (Å²) in [6.07, 6.45) is 13.8. The molecule has 0 atom stereocenters. The number of carbonyl (C=O) groups excluding carboxylic acids is 1. The third kappa shape index (κ3) is 4.24. The van der Waals surface area contributed by atoms with Gasteiger partial charge in [0, 0.05) is 68.6 Å². The number of amides is 2. The SMILES string of the molecule is C#CCCN(CC)C(=O)N1CCN(/C(C)=C2\C=CN=C2NC=C)CC2(CC2)C1. The minimum atomic E-state index is 0.118. The lowest BCUT2D eigenvalue weighted by atomic mass is 10.1. The van der Waals surface area contributed by atoms with Crippen molar-refractivity contribution < 1.29 is 4.79 Å². The summed E-state index contributed by atoms with van der Waals surface area (Å²) in [5.41, 5.74) is 2.51. The largest absolute Gasteiger partial charge is 0.372 e. The Bertz CT molecular complexity index is 753. The molecule has 1 saturated carbocycles. The van der Waals surface area contributed by atoms with E-state index in [1.165, 1.54) is 18.5 Å². The molecule has 2 amide bonds. The molecule has 1 aliphatic carbocycles. The average Bonchev–Trinajstić information content (AvgIpc) is 3.36. The van der Waals surface area contributed by atoms with Gasteiger partial charge >= 0.3 is 6.03 Å². The Kier molecular flexibility index (Phi) is 6.13. The Morgan fingerprint density at radius 2 is 2.14 bits per heavy atom. The van der Waals surface area contributed by atoms with Crippen LogP contribution in [-0.4, -0.2) is 65.8 Å². The molecule has 0 unspecified atom stereocenters. The first kappa shape index (κ1) is 20.1. The molecule has 3 rings (SSSR count). The third-order valence-electron chi connectivity index (χ3n) is 5.90. The topological polar surface area (TPSA) is 51.2 Å². The number of urea groups is 1. The number of hydrogen-bond acceptors (Lipinski definition) is 4. The molecule has 0 aromatic carbocycles. The first-order valence-electron chi connectivity index (χ1n) is 10.1. The monoisotopic (exact) mass is 381 g/mol. The molecule has 3 aliphatic rings. The van der Waals surface area contributed by atoms with Crippen LogP contribution < -0.4 is 5.32 Å². The van der Waals surface area contributed by atoms with Crippen LogP contribution in [0.2, 0.25) is 0 Å². The predicted molar refractivity (Wildman–Crippen MR) is 114 cm³/mol. The molecule has 6 nitrogen and oxygen atoms in total. The summed E-state index contributed by atoms with van der Waals surface area (Å²) in [6, 6.07) is 0.118. The molecule has 28 heavy (non-hydrogen) atoms. The highest BCUT2D eigenvalue weighted by Gasteiger charge is 2.48. The second-order valence-electron chi connectivity index (χ2n) is 7.80. The fourth-order valence-electron chi connectivity index (χ4n) is 4.00. The Morgan fingerprint density at radius 3 is 2.79 bits per heavy atom. The van der Waals surface area contributed by atoms with E-state index in [2.05, 4.69) is 34.6 Å². The van der Waals surface area contributed by atoms with Gasteiger partial charge in [-0.1, -0.05) is 6.58 Å². The number of hydrogen-bond donors (Lipinski definition) is 1. The smallest absolute Gasteiger partial charge is 0.320 e. The maximum Gasteiger partial charge on any atom is 0.320 e. The standard InChI is InChI=1S/C22H31N5O/c1-5-8-13-25(7-3)21(28)27-15-14-26(16-22(17-27)10-11-22)18(4)19-9-12-24-20(19)23-6-2/h1,6,9,12H,2,7-8,10-11,13-17H2,3-4H3,(H,23,24)/b19-18+. The summed E-state index contributed by atoms with van der Waals surface area (Å²) in [5, 5.41) is 3.12. The highest BCUT2D eigenvalue weighted by atomic mass is 16.2. The number of rotatable bonds is 5. The van der Waals surface area contributed by atoms with Crippen molar-refractivity contribution in [3.8, 4) is 12.3 Å². The molecule has 0 bridgehead atoms. The van der Waals surface area contributed by atoms with E-state index in [1.54, 1.807) is 6.20 Å². The lowest BCUT2D eigenvalue weighted by molar-refractivity contribution is 0.151. The third-order valence-corrected chi connectivity index (χ3v) is 5.90. The molecule has 150 valence electrons. The highest BCUT2D eigenvalue weighted by Crippen LogP contribution is 2.48. The number of aliphatic imine (C=N–C) groups is 1. The van der Waals surface area contributed by atoms with Gasteiger partial charge in [0.1, 0.15) is 5.84 Å². The van der Waals surface area contributed by atoms with Crippen molar-refractivity contribution in [3.05, 3.63) is 36.3 Å². The Balaban J connectivity index is 1.75.